The Morgan fingerprint density at radius 2 is 1.56 bits per heavy atom. The van der Waals surface area contributed by atoms with Crippen molar-refractivity contribution < 1.29 is 14.6 Å². The van der Waals surface area contributed by atoms with Gasteiger partial charge in [0.1, 0.15) is 5.75 Å². The molecule has 0 heterocycles. The van der Waals surface area contributed by atoms with Crippen molar-refractivity contribution in [2.45, 2.75) is 10.6 Å². The summed E-state index contributed by atoms with van der Waals surface area (Å²) in [5.41, 5.74) is 1.34. The minimum absolute atomic E-state index is 0.422. The summed E-state index contributed by atoms with van der Waals surface area (Å²) in [6.07, 6.45) is 0. The van der Waals surface area contributed by atoms with E-state index in [0.717, 1.165) is 10.5 Å². The van der Waals surface area contributed by atoms with Crippen molar-refractivity contribution in [2.24, 2.45) is 0 Å². The van der Waals surface area contributed by atoms with Gasteiger partial charge in [-0.15, -0.1) is 0 Å². The number of hydrogen-bond acceptors (Lipinski definition) is 3. The van der Waals surface area contributed by atoms with Gasteiger partial charge in [-0.2, -0.15) is 0 Å². The first-order valence-corrected chi connectivity index (χ1v) is 6.87. The monoisotopic (exact) mass is 260 g/mol. The molecule has 0 aliphatic heterocycles. The fourth-order valence-electron chi connectivity index (χ4n) is 1.59. The van der Waals surface area contributed by atoms with E-state index < -0.39 is 18.3 Å². The largest absolute Gasteiger partial charge is 0.611 e. The van der Waals surface area contributed by atoms with Crippen molar-refractivity contribution in [1.82, 2.24) is 0 Å². The van der Waals surface area contributed by atoms with Gasteiger partial charge in [0.25, 0.3) is 0 Å². The molecule has 0 aliphatic carbocycles. The fraction of sp³-hybridized carbons (Fsp3) is 0.0769. The van der Waals surface area contributed by atoms with E-state index in [0.29, 0.717) is 11.2 Å². The third kappa shape index (κ3) is 3.37. The Morgan fingerprint density at radius 3 is 2.11 bits per heavy atom. The molecule has 2 aromatic rings. The predicted octanol–water partition coefficient (Wildman–Crippen LogP) is 0.674. The Labute approximate surface area is 109 Å². The lowest BCUT2D eigenvalue weighted by molar-refractivity contribution is 0.426. The molecule has 0 bridgehead atoms. The smallest absolute Gasteiger partial charge is 0.488 e. The van der Waals surface area contributed by atoms with Crippen molar-refractivity contribution in [3.8, 4) is 0 Å². The maximum absolute atomic E-state index is 12.0. The molecule has 2 aromatic carbocycles. The van der Waals surface area contributed by atoms with Crippen LogP contribution in [0, 0.1) is 0 Å². The lowest BCUT2D eigenvalue weighted by Crippen LogP contribution is -2.29. The minimum atomic E-state index is -1.46. The van der Waals surface area contributed by atoms with Gasteiger partial charge in [-0.3, -0.25) is 0 Å². The van der Waals surface area contributed by atoms with Crippen LogP contribution in [0.3, 0.4) is 0 Å². The van der Waals surface area contributed by atoms with Crippen molar-refractivity contribution >= 4 is 23.8 Å². The zero-order valence-electron chi connectivity index (χ0n) is 9.69. The highest BCUT2D eigenvalue weighted by Gasteiger charge is 2.13. The van der Waals surface area contributed by atoms with Crippen LogP contribution in [0.15, 0.2) is 59.5 Å². The Balaban J connectivity index is 2.05. The first-order valence-electron chi connectivity index (χ1n) is 5.55. The van der Waals surface area contributed by atoms with Gasteiger partial charge in [0.05, 0.1) is 0 Å². The van der Waals surface area contributed by atoms with Crippen molar-refractivity contribution in [1.29, 1.82) is 0 Å². The van der Waals surface area contributed by atoms with E-state index in [2.05, 4.69) is 0 Å². The van der Waals surface area contributed by atoms with Crippen molar-refractivity contribution in [3.63, 3.8) is 0 Å². The van der Waals surface area contributed by atoms with Gasteiger partial charge >= 0.3 is 7.12 Å². The van der Waals surface area contributed by atoms with Crippen LogP contribution in [-0.2, 0) is 16.9 Å². The molecule has 92 valence electrons. The molecule has 0 saturated carbocycles. The van der Waals surface area contributed by atoms with Gasteiger partial charge in [0.2, 0.25) is 0 Å². The maximum atomic E-state index is 12.0. The molecule has 0 saturated heterocycles. The first kappa shape index (κ1) is 13.2. The summed E-state index contributed by atoms with van der Waals surface area (Å²) in [6.45, 7) is 0. The summed E-state index contributed by atoms with van der Waals surface area (Å²) in [5, 5.41) is 17.9. The quantitative estimate of drug-likeness (QED) is 0.627. The van der Waals surface area contributed by atoms with Gasteiger partial charge in [-0.1, -0.05) is 42.5 Å². The van der Waals surface area contributed by atoms with E-state index in [1.807, 2.05) is 30.3 Å². The molecule has 2 rings (SSSR count). The van der Waals surface area contributed by atoms with Crippen LogP contribution in [0.25, 0.3) is 0 Å². The Hall–Kier alpha value is -1.27. The Kier molecular flexibility index (Phi) is 4.44. The first-order chi connectivity index (χ1) is 8.66. The van der Waals surface area contributed by atoms with Gasteiger partial charge < -0.3 is 14.6 Å². The highest BCUT2D eigenvalue weighted by atomic mass is 32.2. The van der Waals surface area contributed by atoms with E-state index in [4.69, 9.17) is 10.0 Å². The second-order valence-electron chi connectivity index (χ2n) is 3.92. The summed E-state index contributed by atoms with van der Waals surface area (Å²) < 4.78 is 12.0. The Bertz CT molecular complexity index is 487. The number of hydrogen-bond donors (Lipinski definition) is 2. The molecule has 2 N–H and O–H groups in total. The summed E-state index contributed by atoms with van der Waals surface area (Å²) in [4.78, 5) is 0.795. The molecule has 1 unspecified atom stereocenters. The topological polar surface area (TPSA) is 63.5 Å². The SMILES string of the molecule is [O-][S+](Cc1ccc(B(O)O)cc1)c1ccccc1. The highest BCUT2D eigenvalue weighted by Crippen LogP contribution is 2.15. The van der Waals surface area contributed by atoms with Gasteiger partial charge in [-0.05, 0) is 28.8 Å². The third-order valence-electron chi connectivity index (χ3n) is 2.58. The van der Waals surface area contributed by atoms with Crippen LogP contribution in [0.1, 0.15) is 5.56 Å². The molecule has 3 nitrogen and oxygen atoms in total. The summed E-state index contributed by atoms with van der Waals surface area (Å²) in [6, 6.07) is 16.1. The predicted molar refractivity (Wildman–Crippen MR) is 72.8 cm³/mol. The summed E-state index contributed by atoms with van der Waals surface area (Å²) in [7, 11) is -1.46. The van der Waals surface area contributed by atoms with Crippen molar-refractivity contribution in [3.05, 3.63) is 60.2 Å². The lowest BCUT2D eigenvalue weighted by atomic mass is 9.80. The molecule has 1 atom stereocenters. The normalized spacial score (nSPS) is 12.2. The molecule has 5 heteroatoms. The van der Waals surface area contributed by atoms with E-state index in [9.17, 15) is 4.55 Å². The lowest BCUT2D eigenvalue weighted by Gasteiger charge is -2.10. The van der Waals surface area contributed by atoms with Gasteiger partial charge in [0, 0.05) is 5.56 Å². The average Bonchev–Trinajstić information content (AvgIpc) is 2.40. The molecule has 0 amide bonds. The second-order valence-corrected chi connectivity index (χ2v) is 5.37. The van der Waals surface area contributed by atoms with Gasteiger partial charge in [0.15, 0.2) is 4.90 Å². The zero-order valence-corrected chi connectivity index (χ0v) is 10.5. The van der Waals surface area contributed by atoms with Crippen molar-refractivity contribution in [2.75, 3.05) is 0 Å². The van der Waals surface area contributed by atoms with Crippen LogP contribution < -0.4 is 5.46 Å². The molecule has 0 spiro atoms. The summed E-state index contributed by atoms with van der Waals surface area (Å²) >= 11 is -1.08. The van der Waals surface area contributed by atoms with Crippen LogP contribution in [0.2, 0.25) is 0 Å². The molecular weight excluding hydrogens is 247 g/mol. The fourth-order valence-corrected chi connectivity index (χ4v) is 2.72. The number of rotatable bonds is 4. The zero-order chi connectivity index (χ0) is 13.0. The Morgan fingerprint density at radius 1 is 0.944 bits per heavy atom. The van der Waals surface area contributed by atoms with Crippen LogP contribution in [0.4, 0.5) is 0 Å². The van der Waals surface area contributed by atoms with Crippen LogP contribution >= 0.6 is 0 Å². The van der Waals surface area contributed by atoms with E-state index in [-0.39, 0.29) is 0 Å². The summed E-state index contributed by atoms with van der Waals surface area (Å²) in [5.74, 6) is 0.422. The van der Waals surface area contributed by atoms with E-state index in [1.165, 1.54) is 0 Å². The van der Waals surface area contributed by atoms with Crippen LogP contribution in [0.5, 0.6) is 0 Å². The maximum Gasteiger partial charge on any atom is 0.488 e. The molecule has 18 heavy (non-hydrogen) atoms. The van der Waals surface area contributed by atoms with E-state index in [1.54, 1.807) is 24.3 Å². The van der Waals surface area contributed by atoms with Crippen LogP contribution in [-0.4, -0.2) is 21.7 Å². The second kappa shape index (κ2) is 6.06. The molecular formula is C13H13BO3S. The molecule has 0 radical (unpaired) electrons. The van der Waals surface area contributed by atoms with Gasteiger partial charge in [-0.25, -0.2) is 0 Å². The molecule has 0 fully saturated rings. The molecule has 0 aromatic heterocycles. The average molecular weight is 260 g/mol. The minimum Gasteiger partial charge on any atom is -0.611 e. The highest BCUT2D eigenvalue weighted by molar-refractivity contribution is 7.90. The third-order valence-corrected chi connectivity index (χ3v) is 3.98. The molecule has 0 aliphatic rings. The standard InChI is InChI=1S/C13H13BO3S/c15-14(16)12-8-6-11(7-9-12)10-18(17)13-4-2-1-3-5-13/h1-9,15-16H,10H2. The van der Waals surface area contributed by atoms with E-state index >= 15 is 0 Å². The number of benzene rings is 2.